The molecule has 1 aromatic heterocycles. The van der Waals surface area contributed by atoms with Gasteiger partial charge in [0.15, 0.2) is 6.10 Å². The summed E-state index contributed by atoms with van der Waals surface area (Å²) in [5.41, 5.74) is 5.24. The predicted octanol–water partition coefficient (Wildman–Crippen LogP) is 5.19. The van der Waals surface area contributed by atoms with Crippen molar-refractivity contribution in [3.63, 3.8) is 0 Å². The number of aryl methyl sites for hydroxylation is 4. The Morgan fingerprint density at radius 2 is 1.84 bits per heavy atom. The monoisotopic (exact) mass is 449 g/mol. The van der Waals surface area contributed by atoms with Crippen LogP contribution >= 0.6 is 11.3 Å². The summed E-state index contributed by atoms with van der Waals surface area (Å²) in [4.78, 5) is 33.3. The van der Waals surface area contributed by atoms with E-state index in [1.54, 1.807) is 11.3 Å². The number of ether oxygens (including phenoxy) is 1. The average Bonchev–Trinajstić information content (AvgIpc) is 3.06. The van der Waals surface area contributed by atoms with E-state index in [1.807, 2.05) is 71.0 Å². The molecule has 1 N–H and O–H groups in total. The Hall–Kier alpha value is -3.19. The number of fused-ring (bicyclic) bond motifs is 1. The van der Waals surface area contributed by atoms with E-state index < -0.39 is 6.10 Å². The Kier molecular flexibility index (Phi) is 6.02. The molecule has 1 aliphatic heterocycles. The molecular formula is C25H27N3O3S. The van der Waals surface area contributed by atoms with E-state index in [-0.39, 0.29) is 18.4 Å². The molecule has 0 bridgehead atoms. The fourth-order valence-corrected chi connectivity index (χ4v) is 4.92. The van der Waals surface area contributed by atoms with Gasteiger partial charge in [-0.1, -0.05) is 13.0 Å². The van der Waals surface area contributed by atoms with Gasteiger partial charge in [0.25, 0.3) is 5.91 Å². The second-order valence-corrected chi connectivity index (χ2v) is 9.59. The SMILES string of the molecule is CCC1Oc2ccc(-c3nc(C)sc3C)cc2N(CC(=O)Nc2cc(C)cc(C)c2)C1=O. The van der Waals surface area contributed by atoms with Crippen LogP contribution in [0.3, 0.4) is 0 Å². The Balaban J connectivity index is 1.66. The Labute approximate surface area is 192 Å². The number of anilines is 2. The topological polar surface area (TPSA) is 71.5 Å². The van der Waals surface area contributed by atoms with Gasteiger partial charge in [0.2, 0.25) is 5.91 Å². The van der Waals surface area contributed by atoms with Crippen molar-refractivity contribution in [3.05, 3.63) is 57.4 Å². The van der Waals surface area contributed by atoms with Crippen molar-refractivity contribution in [3.8, 4) is 17.0 Å². The van der Waals surface area contributed by atoms with Crippen LogP contribution in [-0.2, 0) is 9.59 Å². The minimum absolute atomic E-state index is 0.0861. The summed E-state index contributed by atoms with van der Waals surface area (Å²) in [6, 6.07) is 11.6. The highest BCUT2D eigenvalue weighted by Crippen LogP contribution is 2.39. The Morgan fingerprint density at radius 1 is 1.12 bits per heavy atom. The molecular weight excluding hydrogens is 422 g/mol. The van der Waals surface area contributed by atoms with Crippen LogP contribution in [0.5, 0.6) is 5.75 Å². The number of amides is 2. The highest BCUT2D eigenvalue weighted by atomic mass is 32.1. The molecule has 166 valence electrons. The minimum atomic E-state index is -0.606. The first-order valence-corrected chi connectivity index (χ1v) is 11.5. The number of thiazole rings is 1. The third kappa shape index (κ3) is 4.39. The molecule has 0 fully saturated rings. The Bertz CT molecular complexity index is 1180. The highest BCUT2D eigenvalue weighted by molar-refractivity contribution is 7.11. The fourth-order valence-electron chi connectivity index (χ4n) is 4.08. The van der Waals surface area contributed by atoms with Crippen molar-refractivity contribution >= 4 is 34.5 Å². The van der Waals surface area contributed by atoms with Crippen LogP contribution in [0.1, 0.15) is 34.4 Å². The predicted molar refractivity (Wildman–Crippen MR) is 129 cm³/mol. The summed E-state index contributed by atoms with van der Waals surface area (Å²) in [6.07, 6.45) is -0.0785. The smallest absolute Gasteiger partial charge is 0.268 e. The molecule has 1 aliphatic rings. The number of aromatic nitrogens is 1. The highest BCUT2D eigenvalue weighted by Gasteiger charge is 2.35. The first-order valence-electron chi connectivity index (χ1n) is 10.7. The number of nitrogens with zero attached hydrogens (tertiary/aromatic N) is 2. The number of benzene rings is 2. The van der Waals surface area contributed by atoms with E-state index in [0.29, 0.717) is 17.9 Å². The molecule has 1 unspecified atom stereocenters. The van der Waals surface area contributed by atoms with Crippen LogP contribution in [-0.4, -0.2) is 29.4 Å². The lowest BCUT2D eigenvalue weighted by atomic mass is 10.1. The number of carbonyl (C=O) groups is 2. The second-order valence-electron chi connectivity index (χ2n) is 8.18. The van der Waals surface area contributed by atoms with Gasteiger partial charge < -0.3 is 10.1 Å². The van der Waals surface area contributed by atoms with Gasteiger partial charge in [-0.25, -0.2) is 4.98 Å². The first-order chi connectivity index (χ1) is 15.2. The molecule has 0 saturated carbocycles. The maximum atomic E-state index is 13.1. The third-order valence-corrected chi connectivity index (χ3v) is 6.30. The number of hydrogen-bond acceptors (Lipinski definition) is 5. The lowest BCUT2D eigenvalue weighted by Gasteiger charge is -2.34. The van der Waals surface area contributed by atoms with Gasteiger partial charge in [0.1, 0.15) is 12.3 Å². The van der Waals surface area contributed by atoms with E-state index in [1.165, 1.54) is 4.90 Å². The van der Waals surface area contributed by atoms with Gasteiger partial charge >= 0.3 is 0 Å². The number of carbonyl (C=O) groups excluding carboxylic acids is 2. The Morgan fingerprint density at radius 3 is 2.47 bits per heavy atom. The number of nitrogens with one attached hydrogen (secondary N) is 1. The molecule has 1 atom stereocenters. The zero-order valence-electron chi connectivity index (χ0n) is 19.0. The van der Waals surface area contributed by atoms with Gasteiger partial charge in [0.05, 0.1) is 16.4 Å². The van der Waals surface area contributed by atoms with Gasteiger partial charge in [0, 0.05) is 16.1 Å². The maximum absolute atomic E-state index is 13.1. The van der Waals surface area contributed by atoms with Crippen molar-refractivity contribution in [1.82, 2.24) is 4.98 Å². The first kappa shape index (κ1) is 22.0. The summed E-state index contributed by atoms with van der Waals surface area (Å²) >= 11 is 1.63. The van der Waals surface area contributed by atoms with Crippen LogP contribution in [0, 0.1) is 27.7 Å². The lowest BCUT2D eigenvalue weighted by Crippen LogP contribution is -2.48. The van der Waals surface area contributed by atoms with Gasteiger partial charge in [-0.3, -0.25) is 14.5 Å². The molecule has 2 amide bonds. The molecule has 0 aliphatic carbocycles. The van der Waals surface area contributed by atoms with Gasteiger partial charge in [-0.15, -0.1) is 11.3 Å². The van der Waals surface area contributed by atoms with Crippen molar-refractivity contribution in [2.75, 3.05) is 16.8 Å². The lowest BCUT2D eigenvalue weighted by molar-refractivity contribution is -0.128. The maximum Gasteiger partial charge on any atom is 0.268 e. The fraction of sp³-hybridized carbons (Fsp3) is 0.320. The van der Waals surface area contributed by atoms with Crippen molar-refractivity contribution in [2.24, 2.45) is 0 Å². The van der Waals surface area contributed by atoms with E-state index in [2.05, 4.69) is 10.3 Å². The zero-order chi connectivity index (χ0) is 23.0. The van der Waals surface area contributed by atoms with Crippen molar-refractivity contribution in [1.29, 1.82) is 0 Å². The molecule has 2 heterocycles. The molecule has 0 saturated heterocycles. The quantitative estimate of drug-likeness (QED) is 0.582. The van der Waals surface area contributed by atoms with Crippen LogP contribution in [0.4, 0.5) is 11.4 Å². The molecule has 4 rings (SSSR count). The summed E-state index contributed by atoms with van der Waals surface area (Å²) in [7, 11) is 0. The van der Waals surface area contributed by atoms with Crippen LogP contribution in [0.2, 0.25) is 0 Å². The summed E-state index contributed by atoms with van der Waals surface area (Å²) in [6.45, 7) is 9.79. The summed E-state index contributed by atoms with van der Waals surface area (Å²) in [5.74, 6) is 0.139. The molecule has 0 spiro atoms. The van der Waals surface area contributed by atoms with E-state index in [4.69, 9.17) is 4.74 Å². The number of hydrogen-bond donors (Lipinski definition) is 1. The summed E-state index contributed by atoms with van der Waals surface area (Å²) in [5, 5.41) is 3.91. The van der Waals surface area contributed by atoms with Crippen molar-refractivity contribution in [2.45, 2.75) is 47.1 Å². The number of rotatable bonds is 5. The zero-order valence-corrected chi connectivity index (χ0v) is 19.8. The molecule has 0 radical (unpaired) electrons. The van der Waals surface area contributed by atoms with E-state index >= 15 is 0 Å². The van der Waals surface area contributed by atoms with Gasteiger partial charge in [-0.05, 0) is 75.6 Å². The van der Waals surface area contributed by atoms with Crippen LogP contribution < -0.4 is 15.0 Å². The van der Waals surface area contributed by atoms with Gasteiger partial charge in [-0.2, -0.15) is 0 Å². The van der Waals surface area contributed by atoms with E-state index in [9.17, 15) is 9.59 Å². The van der Waals surface area contributed by atoms with E-state index in [0.717, 1.165) is 38.0 Å². The molecule has 3 aromatic rings. The molecule has 6 nitrogen and oxygen atoms in total. The average molecular weight is 450 g/mol. The molecule has 32 heavy (non-hydrogen) atoms. The molecule has 2 aromatic carbocycles. The summed E-state index contributed by atoms with van der Waals surface area (Å²) < 4.78 is 5.94. The normalized spacial score (nSPS) is 15.3. The van der Waals surface area contributed by atoms with Crippen molar-refractivity contribution < 1.29 is 14.3 Å². The van der Waals surface area contributed by atoms with Crippen LogP contribution in [0.25, 0.3) is 11.3 Å². The largest absolute Gasteiger partial charge is 0.478 e. The minimum Gasteiger partial charge on any atom is -0.478 e. The standard InChI is InChI=1S/C25H27N3O3S/c1-6-21-25(30)28(13-23(29)27-19-10-14(2)9-15(3)11-19)20-12-18(7-8-22(20)31-21)24-16(4)32-17(5)26-24/h7-12,21H,6,13H2,1-5H3,(H,27,29). The third-order valence-electron chi connectivity index (χ3n) is 5.42. The van der Waals surface area contributed by atoms with Crippen LogP contribution in [0.15, 0.2) is 36.4 Å². The second kappa shape index (κ2) is 8.74. The molecule has 7 heteroatoms.